The number of rotatable bonds is 1. The van der Waals surface area contributed by atoms with Crippen LogP contribution in [0.2, 0.25) is 0 Å². The summed E-state index contributed by atoms with van der Waals surface area (Å²) in [6.45, 7) is 7.95. The van der Waals surface area contributed by atoms with Crippen molar-refractivity contribution in [1.82, 2.24) is 20.6 Å². The lowest BCUT2D eigenvalue weighted by Gasteiger charge is -2.33. The van der Waals surface area contributed by atoms with E-state index in [2.05, 4.69) is 20.6 Å². The van der Waals surface area contributed by atoms with Gasteiger partial charge in [0.05, 0.1) is 11.2 Å². The Kier molecular flexibility index (Phi) is 1.94. The molecule has 0 aromatic carbocycles. The normalized spacial score (nSPS) is 33.1. The van der Waals surface area contributed by atoms with Gasteiger partial charge in [0.25, 0.3) is 0 Å². The van der Waals surface area contributed by atoms with Gasteiger partial charge in [-0.3, -0.25) is 0 Å². The lowest BCUT2D eigenvalue weighted by Crippen LogP contribution is -2.51. The minimum absolute atomic E-state index is 0.265. The third-order valence-electron chi connectivity index (χ3n) is 3.05. The molecule has 1 aromatic heterocycles. The molecule has 1 saturated heterocycles. The Morgan fingerprint density at radius 2 is 2.00 bits per heavy atom. The monoisotopic (exact) mass is 211 g/mol. The van der Waals surface area contributed by atoms with Crippen LogP contribution in [0.3, 0.4) is 0 Å². The first-order valence-corrected chi connectivity index (χ1v) is 5.00. The van der Waals surface area contributed by atoms with Crippen LogP contribution in [-0.2, 0) is 10.3 Å². The standard InChI is InChI=1S/C9H17N5O/c1-7(2)5-9(10,8(3,4)15-7)6-11-13-14-12-6/h5,10H2,1-4H3,(H,11,12,13,14). The first-order valence-electron chi connectivity index (χ1n) is 5.00. The van der Waals surface area contributed by atoms with Crippen LogP contribution < -0.4 is 5.73 Å². The molecule has 2 heterocycles. The second-order valence-electron chi connectivity index (χ2n) is 5.26. The molecular weight excluding hydrogens is 194 g/mol. The van der Waals surface area contributed by atoms with E-state index in [1.807, 2.05) is 27.7 Å². The maximum absolute atomic E-state index is 6.37. The first kappa shape index (κ1) is 10.5. The molecule has 0 spiro atoms. The molecule has 0 bridgehead atoms. The van der Waals surface area contributed by atoms with Crippen LogP contribution >= 0.6 is 0 Å². The number of aromatic amines is 1. The van der Waals surface area contributed by atoms with Crippen LogP contribution in [0.5, 0.6) is 0 Å². The molecule has 1 atom stereocenters. The quantitative estimate of drug-likeness (QED) is 0.698. The Labute approximate surface area is 88.6 Å². The zero-order chi connectivity index (χ0) is 11.3. The van der Waals surface area contributed by atoms with Gasteiger partial charge in [-0.15, -0.1) is 10.2 Å². The third kappa shape index (κ3) is 1.44. The number of nitrogens with two attached hydrogens (primary N) is 1. The molecule has 0 amide bonds. The van der Waals surface area contributed by atoms with Gasteiger partial charge >= 0.3 is 0 Å². The van der Waals surface area contributed by atoms with E-state index >= 15 is 0 Å². The smallest absolute Gasteiger partial charge is 0.197 e. The summed E-state index contributed by atoms with van der Waals surface area (Å²) in [4.78, 5) is 0. The van der Waals surface area contributed by atoms with Gasteiger partial charge in [0.2, 0.25) is 0 Å². The van der Waals surface area contributed by atoms with Gasteiger partial charge in [-0.05, 0) is 27.7 Å². The summed E-state index contributed by atoms with van der Waals surface area (Å²) in [6, 6.07) is 0. The van der Waals surface area contributed by atoms with Crippen molar-refractivity contribution in [3.63, 3.8) is 0 Å². The van der Waals surface area contributed by atoms with Crippen molar-refractivity contribution in [3.8, 4) is 0 Å². The number of tetrazole rings is 1. The molecule has 6 nitrogen and oxygen atoms in total. The predicted molar refractivity (Wildman–Crippen MR) is 53.9 cm³/mol. The molecule has 0 aliphatic carbocycles. The van der Waals surface area contributed by atoms with Crippen LogP contribution in [0.25, 0.3) is 0 Å². The average Bonchev–Trinajstić information content (AvgIpc) is 2.55. The number of hydrogen-bond acceptors (Lipinski definition) is 5. The number of ether oxygens (including phenoxy) is 1. The predicted octanol–water partition coefficient (Wildman–Crippen LogP) is 0.331. The van der Waals surface area contributed by atoms with Gasteiger partial charge in [-0.1, -0.05) is 5.21 Å². The van der Waals surface area contributed by atoms with E-state index < -0.39 is 11.1 Å². The molecule has 1 aromatic rings. The second kappa shape index (κ2) is 2.76. The average molecular weight is 211 g/mol. The van der Waals surface area contributed by atoms with Crippen LogP contribution in [0.1, 0.15) is 39.9 Å². The molecular formula is C9H17N5O. The highest BCUT2D eigenvalue weighted by molar-refractivity contribution is 5.17. The molecule has 84 valence electrons. The van der Waals surface area contributed by atoms with Crippen molar-refractivity contribution in [2.45, 2.75) is 50.9 Å². The van der Waals surface area contributed by atoms with Gasteiger partial charge in [0.15, 0.2) is 5.82 Å². The minimum Gasteiger partial charge on any atom is -0.367 e. The zero-order valence-electron chi connectivity index (χ0n) is 9.53. The van der Waals surface area contributed by atoms with E-state index in [4.69, 9.17) is 10.5 Å². The Balaban J connectivity index is 2.44. The van der Waals surface area contributed by atoms with Gasteiger partial charge in [0.1, 0.15) is 5.54 Å². The fourth-order valence-corrected chi connectivity index (χ4v) is 2.40. The summed E-state index contributed by atoms with van der Waals surface area (Å²) in [5.41, 5.74) is 4.91. The van der Waals surface area contributed by atoms with Gasteiger partial charge in [0, 0.05) is 6.42 Å². The van der Waals surface area contributed by atoms with Crippen molar-refractivity contribution < 1.29 is 4.74 Å². The number of aromatic nitrogens is 4. The lowest BCUT2D eigenvalue weighted by molar-refractivity contribution is -0.0804. The van der Waals surface area contributed by atoms with E-state index in [9.17, 15) is 0 Å². The Morgan fingerprint density at radius 1 is 1.33 bits per heavy atom. The van der Waals surface area contributed by atoms with Crippen molar-refractivity contribution in [3.05, 3.63) is 5.82 Å². The highest BCUT2D eigenvalue weighted by atomic mass is 16.5. The molecule has 2 rings (SSSR count). The van der Waals surface area contributed by atoms with E-state index in [1.54, 1.807) is 0 Å². The fraction of sp³-hybridized carbons (Fsp3) is 0.889. The van der Waals surface area contributed by atoms with E-state index in [-0.39, 0.29) is 5.60 Å². The molecule has 0 radical (unpaired) electrons. The van der Waals surface area contributed by atoms with Crippen molar-refractivity contribution in [1.29, 1.82) is 0 Å². The maximum atomic E-state index is 6.37. The number of nitrogens with one attached hydrogen (secondary N) is 1. The molecule has 1 aliphatic heterocycles. The van der Waals surface area contributed by atoms with Gasteiger partial charge in [-0.2, -0.15) is 5.21 Å². The highest BCUT2D eigenvalue weighted by Gasteiger charge is 2.58. The van der Waals surface area contributed by atoms with Crippen molar-refractivity contribution in [2.75, 3.05) is 0 Å². The Hall–Kier alpha value is -1.01. The topological polar surface area (TPSA) is 89.7 Å². The van der Waals surface area contributed by atoms with Crippen LogP contribution in [0, 0.1) is 0 Å². The van der Waals surface area contributed by atoms with E-state index in [0.717, 1.165) is 0 Å². The second-order valence-corrected chi connectivity index (χ2v) is 5.26. The number of nitrogens with zero attached hydrogens (tertiary/aromatic N) is 3. The minimum atomic E-state index is -0.691. The third-order valence-corrected chi connectivity index (χ3v) is 3.05. The summed E-state index contributed by atoms with van der Waals surface area (Å²) in [5.74, 6) is 0.512. The fourth-order valence-electron chi connectivity index (χ4n) is 2.40. The maximum Gasteiger partial charge on any atom is 0.197 e. The number of hydrogen-bond donors (Lipinski definition) is 2. The molecule has 0 saturated carbocycles. The summed E-state index contributed by atoms with van der Waals surface area (Å²) in [6.07, 6.45) is 0.673. The molecule has 6 heteroatoms. The van der Waals surface area contributed by atoms with Gasteiger partial charge in [-0.25, -0.2) is 0 Å². The van der Waals surface area contributed by atoms with Crippen molar-refractivity contribution in [2.24, 2.45) is 5.73 Å². The molecule has 15 heavy (non-hydrogen) atoms. The summed E-state index contributed by atoms with van der Waals surface area (Å²) in [5, 5.41) is 13.9. The van der Waals surface area contributed by atoms with Crippen molar-refractivity contribution >= 4 is 0 Å². The molecule has 1 aliphatic rings. The molecule has 1 unspecified atom stereocenters. The van der Waals surface area contributed by atoms with E-state index in [0.29, 0.717) is 12.2 Å². The Morgan fingerprint density at radius 3 is 2.40 bits per heavy atom. The summed E-state index contributed by atoms with van der Waals surface area (Å²) in [7, 11) is 0. The lowest BCUT2D eigenvalue weighted by atomic mass is 9.79. The summed E-state index contributed by atoms with van der Waals surface area (Å²) < 4.78 is 5.93. The van der Waals surface area contributed by atoms with Gasteiger partial charge < -0.3 is 10.5 Å². The van der Waals surface area contributed by atoms with Crippen LogP contribution in [0.15, 0.2) is 0 Å². The number of H-pyrrole nitrogens is 1. The summed E-state index contributed by atoms with van der Waals surface area (Å²) >= 11 is 0. The highest BCUT2D eigenvalue weighted by Crippen LogP contribution is 2.47. The molecule has 3 N–H and O–H groups in total. The Bertz CT molecular complexity index is 359. The molecule has 1 fully saturated rings. The SMILES string of the molecule is CC1(C)CC(N)(c2nn[nH]n2)C(C)(C)O1. The zero-order valence-corrected chi connectivity index (χ0v) is 9.53. The largest absolute Gasteiger partial charge is 0.367 e. The van der Waals surface area contributed by atoms with E-state index in [1.165, 1.54) is 0 Å². The van der Waals surface area contributed by atoms with Crippen LogP contribution in [0.4, 0.5) is 0 Å². The first-order chi connectivity index (χ1) is 6.77. The van der Waals surface area contributed by atoms with Crippen LogP contribution in [-0.4, -0.2) is 31.8 Å².